The van der Waals surface area contributed by atoms with Gasteiger partial charge >= 0.3 is 0 Å². The number of carbonyl (C=O) groups is 3. The minimum Gasteiger partial charge on any atom is -0.545 e. The van der Waals surface area contributed by atoms with Crippen LogP contribution in [0.5, 0.6) is 0 Å². The zero-order valence-corrected chi connectivity index (χ0v) is 21.5. The number of nitrogens with one attached hydrogen (secondary N) is 1. The van der Waals surface area contributed by atoms with Gasteiger partial charge in [0.25, 0.3) is 5.91 Å². The average Bonchev–Trinajstić information content (AvgIpc) is 3.19. The predicted octanol–water partition coefficient (Wildman–Crippen LogP) is 3.89. The fraction of sp³-hybridized carbons (Fsp3) is 0.111. The van der Waals surface area contributed by atoms with E-state index >= 15 is 0 Å². The van der Waals surface area contributed by atoms with E-state index in [0.717, 1.165) is 23.0 Å². The molecule has 0 fully saturated rings. The van der Waals surface area contributed by atoms with Crippen LogP contribution in [0.25, 0.3) is 6.08 Å². The Kier molecular flexibility index (Phi) is 7.95. The van der Waals surface area contributed by atoms with Crippen LogP contribution in [-0.2, 0) is 9.59 Å². The predicted molar refractivity (Wildman–Crippen MR) is 147 cm³/mol. The van der Waals surface area contributed by atoms with Gasteiger partial charge in [-0.2, -0.15) is 0 Å². The molecule has 0 atom stereocenters. The van der Waals surface area contributed by atoms with Crippen molar-refractivity contribution in [3.05, 3.63) is 94.6 Å². The number of anilines is 3. The molecule has 37 heavy (non-hydrogen) atoms. The highest BCUT2D eigenvalue weighted by Crippen LogP contribution is 2.30. The quantitative estimate of drug-likeness (QED) is 0.462. The summed E-state index contributed by atoms with van der Waals surface area (Å²) in [5, 5.41) is 14.2. The standard InChI is InChI=1S/C27H23ClN4O4S/c1-31(2)19-11-8-17(9-12-19)14-23-25(34)32(20-6-4-3-5-7-20)27(30-23)37-16-24(33)29-18-10-13-22(28)21(15-18)26(35)36/h3-15H,16H2,1-2H3,(H,29,33)(H,35,36)/p-1/b23-14+. The highest BCUT2D eigenvalue weighted by Gasteiger charge is 2.32. The summed E-state index contributed by atoms with van der Waals surface area (Å²) >= 11 is 6.95. The first-order chi connectivity index (χ1) is 17.7. The van der Waals surface area contributed by atoms with Crippen LogP contribution < -0.4 is 20.2 Å². The van der Waals surface area contributed by atoms with Gasteiger partial charge in [-0.1, -0.05) is 53.7 Å². The molecule has 2 amide bonds. The van der Waals surface area contributed by atoms with E-state index in [0.29, 0.717) is 10.9 Å². The summed E-state index contributed by atoms with van der Waals surface area (Å²) in [7, 11) is 3.90. The molecule has 0 spiro atoms. The third-order valence-electron chi connectivity index (χ3n) is 5.36. The molecule has 0 radical (unpaired) electrons. The first-order valence-electron chi connectivity index (χ1n) is 11.1. The molecule has 0 aliphatic carbocycles. The summed E-state index contributed by atoms with van der Waals surface area (Å²) in [5.41, 5.74) is 2.77. The Morgan fingerprint density at radius 3 is 2.43 bits per heavy atom. The molecule has 3 aromatic rings. The van der Waals surface area contributed by atoms with E-state index in [9.17, 15) is 19.5 Å². The normalized spacial score (nSPS) is 14.0. The lowest BCUT2D eigenvalue weighted by Crippen LogP contribution is -2.31. The van der Waals surface area contributed by atoms with Gasteiger partial charge in [0.2, 0.25) is 5.91 Å². The first kappa shape index (κ1) is 26.0. The smallest absolute Gasteiger partial charge is 0.283 e. The number of carboxylic acid groups (broad SMARTS) is 1. The van der Waals surface area contributed by atoms with Crippen LogP contribution in [0.15, 0.2) is 83.5 Å². The summed E-state index contributed by atoms with van der Waals surface area (Å²) in [6.45, 7) is 0. The number of carbonyl (C=O) groups excluding carboxylic acids is 3. The molecule has 4 rings (SSSR count). The molecule has 1 aliphatic rings. The number of amidine groups is 1. The second-order valence-electron chi connectivity index (χ2n) is 8.20. The number of thioether (sulfide) groups is 1. The van der Waals surface area contributed by atoms with Crippen molar-refractivity contribution in [2.24, 2.45) is 4.99 Å². The monoisotopic (exact) mass is 533 g/mol. The van der Waals surface area contributed by atoms with Crippen molar-refractivity contribution in [2.75, 3.05) is 35.0 Å². The van der Waals surface area contributed by atoms with Crippen LogP contribution in [0, 0.1) is 0 Å². The fourth-order valence-corrected chi connectivity index (χ4v) is 4.52. The van der Waals surface area contributed by atoms with Crippen molar-refractivity contribution in [3.8, 4) is 0 Å². The molecule has 0 saturated heterocycles. The second kappa shape index (κ2) is 11.3. The SMILES string of the molecule is CN(C)c1ccc(/C=C2/N=C(SCC(=O)Nc3ccc(Cl)c(C(=O)[O-])c3)N(c3ccccc3)C2=O)cc1. The molecule has 0 saturated carbocycles. The van der Waals surface area contributed by atoms with Gasteiger partial charge in [0.15, 0.2) is 5.17 Å². The Hall–Kier alpha value is -4.08. The summed E-state index contributed by atoms with van der Waals surface area (Å²) in [5.74, 6) is -2.22. The van der Waals surface area contributed by atoms with Crippen molar-refractivity contribution in [1.82, 2.24) is 0 Å². The number of aromatic carboxylic acids is 1. The maximum absolute atomic E-state index is 13.3. The largest absolute Gasteiger partial charge is 0.545 e. The summed E-state index contributed by atoms with van der Waals surface area (Å²) in [6.07, 6.45) is 1.71. The number of halogens is 1. The molecule has 0 unspecified atom stereocenters. The maximum atomic E-state index is 13.3. The zero-order valence-electron chi connectivity index (χ0n) is 20.0. The molecule has 1 N–H and O–H groups in total. The van der Waals surface area contributed by atoms with Crippen LogP contribution in [0.4, 0.5) is 17.1 Å². The zero-order chi connectivity index (χ0) is 26.5. The first-order valence-corrected chi connectivity index (χ1v) is 12.5. The molecular weight excluding hydrogens is 512 g/mol. The van der Waals surface area contributed by atoms with E-state index in [-0.39, 0.29) is 33.6 Å². The van der Waals surface area contributed by atoms with Crippen LogP contribution in [0.1, 0.15) is 15.9 Å². The van der Waals surface area contributed by atoms with Gasteiger partial charge in [0.1, 0.15) is 5.70 Å². The van der Waals surface area contributed by atoms with E-state index < -0.39 is 11.9 Å². The number of amides is 2. The Morgan fingerprint density at radius 2 is 1.78 bits per heavy atom. The Morgan fingerprint density at radius 1 is 1.08 bits per heavy atom. The van der Waals surface area contributed by atoms with Crippen molar-refractivity contribution in [1.29, 1.82) is 0 Å². The maximum Gasteiger partial charge on any atom is 0.283 e. The number of aliphatic imine (C=N–C) groups is 1. The van der Waals surface area contributed by atoms with Crippen LogP contribution in [-0.4, -0.2) is 42.8 Å². The molecule has 8 nitrogen and oxygen atoms in total. The highest BCUT2D eigenvalue weighted by atomic mass is 35.5. The van der Waals surface area contributed by atoms with Gasteiger partial charge in [-0.15, -0.1) is 0 Å². The van der Waals surface area contributed by atoms with E-state index in [2.05, 4.69) is 10.3 Å². The number of carboxylic acids is 1. The number of rotatable bonds is 7. The Balaban J connectivity index is 1.54. The molecule has 188 valence electrons. The fourth-order valence-electron chi connectivity index (χ4n) is 3.51. The van der Waals surface area contributed by atoms with Crippen molar-refractivity contribution in [3.63, 3.8) is 0 Å². The number of hydrogen-bond acceptors (Lipinski definition) is 7. The molecule has 10 heteroatoms. The average molecular weight is 534 g/mol. The number of benzene rings is 3. The Labute approximate surface area is 223 Å². The molecule has 0 aromatic heterocycles. The van der Waals surface area contributed by atoms with Crippen molar-refractivity contribution in [2.45, 2.75) is 0 Å². The number of hydrogen-bond donors (Lipinski definition) is 1. The van der Waals surface area contributed by atoms with E-state index in [4.69, 9.17) is 11.6 Å². The molecule has 1 aliphatic heterocycles. The number of nitrogens with zero attached hydrogens (tertiary/aromatic N) is 3. The molecule has 1 heterocycles. The summed E-state index contributed by atoms with van der Waals surface area (Å²) < 4.78 is 0. The minimum absolute atomic E-state index is 0.0142. The summed E-state index contributed by atoms with van der Waals surface area (Å²) in [4.78, 5) is 45.1. The molecule has 3 aromatic carbocycles. The summed E-state index contributed by atoms with van der Waals surface area (Å²) in [6, 6.07) is 20.9. The lowest BCUT2D eigenvalue weighted by atomic mass is 10.1. The van der Waals surface area contributed by atoms with Crippen molar-refractivity contribution < 1.29 is 19.5 Å². The van der Waals surface area contributed by atoms with E-state index in [1.165, 1.54) is 23.1 Å². The third kappa shape index (κ3) is 6.19. The minimum atomic E-state index is -1.44. The lowest BCUT2D eigenvalue weighted by molar-refractivity contribution is -0.255. The van der Waals surface area contributed by atoms with Gasteiger partial charge in [0, 0.05) is 36.1 Å². The Bertz CT molecular complexity index is 1410. The lowest BCUT2D eigenvalue weighted by Gasteiger charge is -2.17. The van der Waals surface area contributed by atoms with Gasteiger partial charge < -0.3 is 20.1 Å². The topological polar surface area (TPSA) is 105 Å². The van der Waals surface area contributed by atoms with Gasteiger partial charge in [-0.05, 0) is 54.1 Å². The molecular formula is C27H22ClN4O4S-. The molecule has 0 bridgehead atoms. The van der Waals surface area contributed by atoms with Crippen LogP contribution in [0.2, 0.25) is 5.02 Å². The third-order valence-corrected chi connectivity index (χ3v) is 6.63. The van der Waals surface area contributed by atoms with Crippen LogP contribution >= 0.6 is 23.4 Å². The van der Waals surface area contributed by atoms with Gasteiger partial charge in [0.05, 0.1) is 17.4 Å². The van der Waals surface area contributed by atoms with E-state index in [1.807, 2.05) is 61.5 Å². The second-order valence-corrected chi connectivity index (χ2v) is 9.55. The van der Waals surface area contributed by atoms with Gasteiger partial charge in [-0.3, -0.25) is 14.5 Å². The van der Waals surface area contributed by atoms with E-state index in [1.54, 1.807) is 18.2 Å². The van der Waals surface area contributed by atoms with Gasteiger partial charge in [-0.25, -0.2) is 4.99 Å². The van der Waals surface area contributed by atoms with Crippen molar-refractivity contribution >= 4 is 69.5 Å². The highest BCUT2D eigenvalue weighted by molar-refractivity contribution is 8.14. The van der Waals surface area contributed by atoms with Crippen LogP contribution in [0.3, 0.4) is 0 Å². The number of para-hydroxylation sites is 1.